The Kier molecular flexibility index (Phi) is 4.24. The summed E-state index contributed by atoms with van der Waals surface area (Å²) in [7, 11) is 4.84. The average Bonchev–Trinajstić information content (AvgIpc) is 2.73. The zero-order chi connectivity index (χ0) is 15.6. The fourth-order valence-electron chi connectivity index (χ4n) is 2.02. The molecular weight excluding hydrogens is 292 g/mol. The maximum absolute atomic E-state index is 9.23. The highest BCUT2D eigenvalue weighted by Gasteiger charge is 2.16. The first-order chi connectivity index (χ1) is 10.0. The topological polar surface area (TPSA) is 72.1 Å². The highest BCUT2D eigenvalue weighted by molar-refractivity contribution is 6.32. The second kappa shape index (κ2) is 5.94. The van der Waals surface area contributed by atoms with Gasteiger partial charge in [-0.25, -0.2) is 0 Å². The van der Waals surface area contributed by atoms with Gasteiger partial charge in [0.2, 0.25) is 0 Å². The molecular formula is C14H15ClN4O2. The number of hydrogen-bond acceptors (Lipinski definition) is 5. The van der Waals surface area contributed by atoms with Gasteiger partial charge in [-0.15, -0.1) is 0 Å². The molecule has 0 spiro atoms. The van der Waals surface area contributed by atoms with Gasteiger partial charge in [0.15, 0.2) is 0 Å². The van der Waals surface area contributed by atoms with Gasteiger partial charge in [0, 0.05) is 13.1 Å². The first-order valence-electron chi connectivity index (χ1n) is 6.14. The quantitative estimate of drug-likeness (QED) is 0.940. The number of nitrogens with one attached hydrogen (secondary N) is 1. The van der Waals surface area contributed by atoms with Gasteiger partial charge in [-0.3, -0.25) is 4.68 Å². The van der Waals surface area contributed by atoms with Gasteiger partial charge in [-0.1, -0.05) is 11.6 Å². The van der Waals surface area contributed by atoms with Crippen molar-refractivity contribution in [1.82, 2.24) is 9.78 Å². The Morgan fingerprint density at radius 1 is 1.29 bits per heavy atom. The highest BCUT2D eigenvalue weighted by Crippen LogP contribution is 2.37. The average molecular weight is 307 g/mol. The normalized spacial score (nSPS) is 10.1. The minimum absolute atomic E-state index is 0.443. The van der Waals surface area contributed by atoms with Crippen molar-refractivity contribution in [2.24, 2.45) is 7.05 Å². The van der Waals surface area contributed by atoms with Crippen molar-refractivity contribution < 1.29 is 9.47 Å². The summed E-state index contributed by atoms with van der Waals surface area (Å²) in [5.74, 6) is 1.65. The van der Waals surface area contributed by atoms with Gasteiger partial charge < -0.3 is 14.8 Å². The number of nitrogens with zero attached hydrogens (tertiary/aromatic N) is 3. The molecule has 1 heterocycles. The van der Waals surface area contributed by atoms with Crippen LogP contribution in [-0.4, -0.2) is 24.0 Å². The van der Waals surface area contributed by atoms with E-state index in [-0.39, 0.29) is 0 Å². The summed E-state index contributed by atoms with van der Waals surface area (Å²) in [4.78, 5) is 0. The van der Waals surface area contributed by atoms with Crippen molar-refractivity contribution in [3.63, 3.8) is 0 Å². The Bertz CT molecular complexity index is 719. The van der Waals surface area contributed by atoms with E-state index in [0.717, 1.165) is 0 Å². The number of anilines is 2. The molecule has 1 N–H and O–H groups in total. The maximum Gasteiger partial charge on any atom is 0.146 e. The van der Waals surface area contributed by atoms with Crippen LogP contribution in [-0.2, 0) is 7.05 Å². The fraction of sp³-hybridized carbons (Fsp3) is 0.286. The molecule has 0 aliphatic carbocycles. The van der Waals surface area contributed by atoms with Crippen molar-refractivity contribution in [1.29, 1.82) is 5.26 Å². The fourth-order valence-corrected chi connectivity index (χ4v) is 2.26. The third kappa shape index (κ3) is 2.73. The Hall–Kier alpha value is -2.39. The van der Waals surface area contributed by atoms with Crippen molar-refractivity contribution in [3.05, 3.63) is 28.4 Å². The van der Waals surface area contributed by atoms with E-state index in [1.165, 1.54) is 7.11 Å². The summed E-state index contributed by atoms with van der Waals surface area (Å²) in [6.07, 6.45) is 0. The van der Waals surface area contributed by atoms with E-state index in [1.807, 2.05) is 0 Å². The predicted octanol–water partition coefficient (Wildman–Crippen LogP) is 3.01. The first-order valence-corrected chi connectivity index (χ1v) is 6.51. The van der Waals surface area contributed by atoms with Crippen LogP contribution in [0.3, 0.4) is 0 Å². The molecule has 2 rings (SSSR count). The Balaban J connectivity index is 2.50. The Labute approximate surface area is 127 Å². The molecule has 0 aliphatic heterocycles. The molecule has 0 saturated carbocycles. The van der Waals surface area contributed by atoms with E-state index in [4.69, 9.17) is 21.1 Å². The van der Waals surface area contributed by atoms with Gasteiger partial charge in [0.1, 0.15) is 28.9 Å². The van der Waals surface area contributed by atoms with Crippen LogP contribution in [0.15, 0.2) is 12.1 Å². The van der Waals surface area contributed by atoms with Gasteiger partial charge in [-0.05, 0) is 13.0 Å². The lowest BCUT2D eigenvalue weighted by Crippen LogP contribution is -2.02. The third-order valence-corrected chi connectivity index (χ3v) is 3.36. The lowest BCUT2D eigenvalue weighted by Gasteiger charge is -2.14. The SMILES string of the molecule is COc1cc(OC)c(Nc2c(C#N)c(C)nn2C)cc1Cl. The van der Waals surface area contributed by atoms with Gasteiger partial charge in [0.25, 0.3) is 0 Å². The molecule has 0 atom stereocenters. The van der Waals surface area contributed by atoms with E-state index in [2.05, 4.69) is 16.5 Å². The monoisotopic (exact) mass is 306 g/mol. The maximum atomic E-state index is 9.23. The third-order valence-electron chi connectivity index (χ3n) is 3.06. The second-order valence-electron chi connectivity index (χ2n) is 4.36. The van der Waals surface area contributed by atoms with Crippen molar-refractivity contribution in [3.8, 4) is 17.6 Å². The summed E-state index contributed by atoms with van der Waals surface area (Å²) in [5, 5.41) is 17.0. The molecule has 0 unspecified atom stereocenters. The molecule has 0 bridgehead atoms. The van der Waals surface area contributed by atoms with Crippen LogP contribution in [0.1, 0.15) is 11.3 Å². The number of halogens is 1. The summed E-state index contributed by atoms with van der Waals surface area (Å²) < 4.78 is 12.1. The lowest BCUT2D eigenvalue weighted by molar-refractivity contribution is 0.396. The van der Waals surface area contributed by atoms with E-state index in [0.29, 0.717) is 39.3 Å². The van der Waals surface area contributed by atoms with E-state index in [9.17, 15) is 5.26 Å². The molecule has 2 aromatic rings. The minimum Gasteiger partial charge on any atom is -0.495 e. The standard InChI is InChI=1S/C14H15ClN4O2/c1-8-9(7-16)14(19(2)18-8)17-11-5-10(15)12(20-3)6-13(11)21-4/h5-6,17H,1-4H3. The zero-order valence-corrected chi connectivity index (χ0v) is 12.9. The van der Waals surface area contributed by atoms with E-state index in [1.54, 1.807) is 37.9 Å². The van der Waals surface area contributed by atoms with Crippen LogP contribution in [0.5, 0.6) is 11.5 Å². The number of nitriles is 1. The molecule has 0 amide bonds. The number of benzene rings is 1. The number of aryl methyl sites for hydroxylation is 2. The van der Waals surface area contributed by atoms with Crippen molar-refractivity contribution in [2.75, 3.05) is 19.5 Å². The predicted molar refractivity (Wildman–Crippen MR) is 80.5 cm³/mol. The summed E-state index contributed by atoms with van der Waals surface area (Å²) >= 11 is 6.14. The number of aromatic nitrogens is 2. The van der Waals surface area contributed by atoms with E-state index >= 15 is 0 Å². The van der Waals surface area contributed by atoms with Crippen LogP contribution in [0.25, 0.3) is 0 Å². The largest absolute Gasteiger partial charge is 0.495 e. The van der Waals surface area contributed by atoms with Gasteiger partial charge in [-0.2, -0.15) is 10.4 Å². The Morgan fingerprint density at radius 2 is 1.95 bits per heavy atom. The molecule has 0 radical (unpaired) electrons. The molecule has 110 valence electrons. The molecule has 0 fully saturated rings. The number of ether oxygens (including phenoxy) is 2. The summed E-state index contributed by atoms with van der Waals surface area (Å²) in [6, 6.07) is 5.50. The highest BCUT2D eigenvalue weighted by atomic mass is 35.5. The van der Waals surface area contributed by atoms with Crippen molar-refractivity contribution in [2.45, 2.75) is 6.92 Å². The molecule has 6 nitrogen and oxygen atoms in total. The van der Waals surface area contributed by atoms with Crippen LogP contribution >= 0.6 is 11.6 Å². The molecule has 21 heavy (non-hydrogen) atoms. The van der Waals surface area contributed by atoms with Crippen LogP contribution in [0.2, 0.25) is 5.02 Å². The molecule has 1 aromatic heterocycles. The molecule has 7 heteroatoms. The van der Waals surface area contributed by atoms with Gasteiger partial charge in [0.05, 0.1) is 30.6 Å². The summed E-state index contributed by atoms with van der Waals surface area (Å²) in [5.41, 5.74) is 1.76. The molecule has 0 saturated heterocycles. The van der Waals surface area contributed by atoms with Crippen LogP contribution in [0.4, 0.5) is 11.5 Å². The van der Waals surface area contributed by atoms with Crippen LogP contribution < -0.4 is 14.8 Å². The molecule has 0 aliphatic rings. The first kappa shape index (κ1) is 15.0. The van der Waals surface area contributed by atoms with E-state index < -0.39 is 0 Å². The van der Waals surface area contributed by atoms with Crippen LogP contribution in [0, 0.1) is 18.3 Å². The van der Waals surface area contributed by atoms with Crippen molar-refractivity contribution >= 4 is 23.1 Å². The smallest absolute Gasteiger partial charge is 0.146 e. The number of rotatable bonds is 4. The number of hydrogen-bond donors (Lipinski definition) is 1. The zero-order valence-electron chi connectivity index (χ0n) is 12.2. The molecule has 1 aromatic carbocycles. The summed E-state index contributed by atoms with van der Waals surface area (Å²) in [6.45, 7) is 1.78. The minimum atomic E-state index is 0.443. The lowest BCUT2D eigenvalue weighted by atomic mass is 10.2. The van der Waals surface area contributed by atoms with Gasteiger partial charge >= 0.3 is 0 Å². The Morgan fingerprint density at radius 3 is 2.52 bits per heavy atom. The number of methoxy groups -OCH3 is 2. The second-order valence-corrected chi connectivity index (χ2v) is 4.76.